The molecule has 8 nitrogen and oxygen atoms in total. The molecule has 0 bridgehead atoms. The normalized spacial score (nSPS) is 17.3. The lowest BCUT2D eigenvalue weighted by molar-refractivity contribution is 0.0817. The van der Waals surface area contributed by atoms with E-state index in [-0.39, 0.29) is 11.7 Å². The molecule has 4 aromatic rings. The Hall–Kier alpha value is -3.94. The zero-order chi connectivity index (χ0) is 21.7. The molecule has 0 unspecified atom stereocenters. The van der Waals surface area contributed by atoms with Crippen LogP contribution in [-0.4, -0.2) is 26.0 Å². The molecule has 8 heteroatoms. The van der Waals surface area contributed by atoms with E-state index in [1.54, 1.807) is 43.7 Å². The van der Waals surface area contributed by atoms with Gasteiger partial charge >= 0.3 is 0 Å². The van der Waals surface area contributed by atoms with Crippen LogP contribution in [0.5, 0.6) is 23.1 Å². The summed E-state index contributed by atoms with van der Waals surface area (Å²) in [5.41, 5.74) is 3.09. The van der Waals surface area contributed by atoms with Crippen LogP contribution < -0.4 is 19.8 Å². The lowest BCUT2D eigenvalue weighted by atomic mass is 10.1. The summed E-state index contributed by atoms with van der Waals surface area (Å²) in [6, 6.07) is 9.33. The van der Waals surface area contributed by atoms with Crippen molar-refractivity contribution in [1.29, 1.82) is 0 Å². The Morgan fingerprint density at radius 1 is 1.03 bits per heavy atom. The maximum absolute atomic E-state index is 12.3. The van der Waals surface area contributed by atoms with Crippen LogP contribution in [0.2, 0.25) is 0 Å². The molecule has 0 spiro atoms. The highest BCUT2D eigenvalue weighted by molar-refractivity contribution is 5.45. The fourth-order valence-electron chi connectivity index (χ4n) is 3.75. The van der Waals surface area contributed by atoms with Gasteiger partial charge in [-0.15, -0.1) is 0 Å². The lowest BCUT2D eigenvalue weighted by Gasteiger charge is -2.25. The van der Waals surface area contributed by atoms with E-state index in [4.69, 9.17) is 14.2 Å². The molecule has 0 saturated heterocycles. The van der Waals surface area contributed by atoms with E-state index in [0.29, 0.717) is 46.9 Å². The van der Waals surface area contributed by atoms with Crippen LogP contribution in [0.3, 0.4) is 0 Å². The van der Waals surface area contributed by atoms with Gasteiger partial charge in [-0.1, -0.05) is 6.07 Å². The topological polar surface area (TPSA) is 87.8 Å². The third-order valence-electron chi connectivity index (χ3n) is 5.71. The van der Waals surface area contributed by atoms with Crippen molar-refractivity contribution in [2.45, 2.75) is 31.8 Å². The van der Waals surface area contributed by atoms with Gasteiger partial charge in [0.05, 0.1) is 18.1 Å². The molecule has 4 aromatic heterocycles. The van der Waals surface area contributed by atoms with Gasteiger partial charge in [-0.2, -0.15) is 0 Å². The smallest absolute Gasteiger partial charge is 0.260 e. The predicted octanol–water partition coefficient (Wildman–Crippen LogP) is 3.98. The summed E-state index contributed by atoms with van der Waals surface area (Å²) in [5.74, 6) is 2.54. The number of hydrogen-bond donors (Lipinski definition) is 0. The number of fused-ring (bicyclic) bond motifs is 2. The summed E-state index contributed by atoms with van der Waals surface area (Å²) in [5, 5.41) is 0. The van der Waals surface area contributed by atoms with E-state index in [1.807, 2.05) is 12.3 Å². The van der Waals surface area contributed by atoms with E-state index in [1.165, 1.54) is 22.8 Å². The van der Waals surface area contributed by atoms with E-state index in [9.17, 15) is 4.79 Å². The summed E-state index contributed by atoms with van der Waals surface area (Å²) < 4.78 is 19.3. The first kappa shape index (κ1) is 18.8. The monoisotopic (exact) mass is 428 g/mol. The first-order valence-electron chi connectivity index (χ1n) is 10.6. The third kappa shape index (κ3) is 3.43. The molecular formula is C24H20N4O4. The molecular weight excluding hydrogens is 408 g/mol. The second-order valence-electron chi connectivity index (χ2n) is 8.12. The van der Waals surface area contributed by atoms with E-state index >= 15 is 0 Å². The van der Waals surface area contributed by atoms with Crippen LogP contribution in [0.1, 0.15) is 41.7 Å². The van der Waals surface area contributed by atoms with Gasteiger partial charge < -0.3 is 14.2 Å². The highest BCUT2D eigenvalue weighted by Gasteiger charge is 2.27. The average molecular weight is 428 g/mol. The summed E-state index contributed by atoms with van der Waals surface area (Å²) >= 11 is 0. The van der Waals surface area contributed by atoms with Crippen molar-refractivity contribution in [1.82, 2.24) is 19.4 Å². The van der Waals surface area contributed by atoms with Crippen molar-refractivity contribution in [2.24, 2.45) is 0 Å². The molecule has 5 heterocycles. The highest BCUT2D eigenvalue weighted by Crippen LogP contribution is 2.41. The Kier molecular flexibility index (Phi) is 4.31. The SMILES string of the molecule is Cc1cnc2ccc(Oc3cnc4c(c3)OC[C@@H](c3ccc(C5CC5)cn3)O4)cn2c1=O. The largest absolute Gasteiger partial charge is 0.483 e. The zero-order valence-electron chi connectivity index (χ0n) is 17.4. The van der Waals surface area contributed by atoms with Crippen LogP contribution in [0.25, 0.3) is 5.65 Å². The Morgan fingerprint density at radius 2 is 1.94 bits per heavy atom. The summed E-state index contributed by atoms with van der Waals surface area (Å²) in [6.45, 7) is 2.06. The molecule has 2 aliphatic rings. The highest BCUT2D eigenvalue weighted by atomic mass is 16.6. The fourth-order valence-corrected chi connectivity index (χ4v) is 3.75. The molecule has 1 saturated carbocycles. The Morgan fingerprint density at radius 3 is 2.75 bits per heavy atom. The summed E-state index contributed by atoms with van der Waals surface area (Å²) in [4.78, 5) is 25.5. The quantitative estimate of drug-likeness (QED) is 0.486. The number of hydrogen-bond acceptors (Lipinski definition) is 7. The van der Waals surface area contributed by atoms with Crippen LogP contribution in [0, 0.1) is 6.92 Å². The van der Waals surface area contributed by atoms with Crippen molar-refractivity contribution >= 4 is 5.65 Å². The second-order valence-corrected chi connectivity index (χ2v) is 8.12. The minimum atomic E-state index is -0.307. The molecule has 1 atom stereocenters. The standard InChI is InChI=1S/C24H20N4O4/c1-14-9-26-22-7-5-17(12-28(22)24(14)29)31-18-8-20-23(27-11-18)32-21(13-30-20)19-6-4-16(10-25-19)15-2-3-15/h4-12,15,21H,2-3,13H2,1H3/t21-/m0/s1. The minimum Gasteiger partial charge on any atom is -0.483 e. The van der Waals surface area contributed by atoms with Crippen molar-refractivity contribution in [3.05, 3.63) is 82.3 Å². The Labute approximate surface area is 183 Å². The number of rotatable bonds is 4. The summed E-state index contributed by atoms with van der Waals surface area (Å²) in [6.07, 6.45) is 8.86. The first-order valence-corrected chi connectivity index (χ1v) is 10.6. The minimum absolute atomic E-state index is 0.134. The first-order chi connectivity index (χ1) is 15.6. The molecule has 0 radical (unpaired) electrons. The Balaban J connectivity index is 1.21. The lowest BCUT2D eigenvalue weighted by Crippen LogP contribution is -2.23. The third-order valence-corrected chi connectivity index (χ3v) is 5.71. The molecule has 32 heavy (non-hydrogen) atoms. The maximum atomic E-state index is 12.3. The molecule has 0 N–H and O–H groups in total. The van der Waals surface area contributed by atoms with Crippen molar-refractivity contribution in [3.63, 3.8) is 0 Å². The maximum Gasteiger partial charge on any atom is 0.260 e. The van der Waals surface area contributed by atoms with E-state index in [0.717, 1.165) is 5.69 Å². The van der Waals surface area contributed by atoms with Crippen LogP contribution in [0.4, 0.5) is 0 Å². The van der Waals surface area contributed by atoms with Crippen LogP contribution >= 0.6 is 0 Å². The zero-order valence-corrected chi connectivity index (χ0v) is 17.4. The number of ether oxygens (including phenoxy) is 3. The van der Waals surface area contributed by atoms with E-state index in [2.05, 4.69) is 21.0 Å². The molecule has 1 aliphatic heterocycles. The van der Waals surface area contributed by atoms with Gasteiger partial charge in [-0.05, 0) is 49.4 Å². The number of nitrogens with zero attached hydrogens (tertiary/aromatic N) is 4. The van der Waals surface area contributed by atoms with Crippen molar-refractivity contribution < 1.29 is 14.2 Å². The van der Waals surface area contributed by atoms with Gasteiger partial charge in [0.25, 0.3) is 11.4 Å². The molecule has 0 amide bonds. The van der Waals surface area contributed by atoms with Gasteiger partial charge in [0.15, 0.2) is 11.9 Å². The average Bonchev–Trinajstić information content (AvgIpc) is 3.67. The molecule has 1 fully saturated rings. The second kappa shape index (κ2) is 7.33. The molecule has 6 rings (SSSR count). The number of aromatic nitrogens is 4. The van der Waals surface area contributed by atoms with Gasteiger partial charge in [0.2, 0.25) is 0 Å². The molecule has 1 aliphatic carbocycles. The Bertz CT molecular complexity index is 1380. The van der Waals surface area contributed by atoms with Crippen molar-refractivity contribution in [2.75, 3.05) is 6.61 Å². The summed E-state index contributed by atoms with van der Waals surface area (Å²) in [7, 11) is 0. The van der Waals surface area contributed by atoms with Crippen LogP contribution in [-0.2, 0) is 0 Å². The fraction of sp³-hybridized carbons (Fsp3) is 0.250. The molecule has 0 aromatic carbocycles. The predicted molar refractivity (Wildman–Crippen MR) is 116 cm³/mol. The van der Waals surface area contributed by atoms with Gasteiger partial charge in [-0.3, -0.25) is 14.2 Å². The number of aryl methyl sites for hydroxylation is 1. The van der Waals surface area contributed by atoms with Gasteiger partial charge in [-0.25, -0.2) is 9.97 Å². The van der Waals surface area contributed by atoms with Crippen LogP contribution in [0.15, 0.2) is 59.9 Å². The number of pyridine rings is 3. The van der Waals surface area contributed by atoms with Gasteiger partial charge in [0.1, 0.15) is 23.8 Å². The van der Waals surface area contributed by atoms with E-state index < -0.39 is 0 Å². The van der Waals surface area contributed by atoms with Crippen molar-refractivity contribution in [3.8, 4) is 23.1 Å². The molecule has 160 valence electrons. The van der Waals surface area contributed by atoms with Gasteiger partial charge in [0, 0.05) is 24.0 Å².